The van der Waals surface area contributed by atoms with Gasteiger partial charge in [0.2, 0.25) is 11.8 Å². The highest BCUT2D eigenvalue weighted by Gasteiger charge is 2.31. The number of unbranched alkanes of at least 4 members (excludes halogenated alkanes) is 2. The third-order valence-electron chi connectivity index (χ3n) is 8.79. The van der Waals surface area contributed by atoms with Crippen LogP contribution in [0.2, 0.25) is 0 Å². The van der Waals surface area contributed by atoms with Gasteiger partial charge in [0.05, 0.1) is 12.3 Å². The number of primary amides is 1. The summed E-state index contributed by atoms with van der Waals surface area (Å²) in [6.07, 6.45) is 3.89. The summed E-state index contributed by atoms with van der Waals surface area (Å²) >= 11 is 1.17. The second-order valence-electron chi connectivity index (χ2n) is 13.7. The number of nitrogens with zero attached hydrogens (tertiary/aromatic N) is 2. The van der Waals surface area contributed by atoms with Crippen molar-refractivity contribution in [3.05, 3.63) is 87.6 Å². The number of nitrogens with two attached hydrogens (primary N) is 1. The van der Waals surface area contributed by atoms with Crippen LogP contribution in [0.15, 0.2) is 60.0 Å². The number of ether oxygens (including phenoxy) is 1. The minimum atomic E-state index is -0.946. The van der Waals surface area contributed by atoms with E-state index in [0.717, 1.165) is 31.4 Å². The van der Waals surface area contributed by atoms with Gasteiger partial charge in [0, 0.05) is 44.3 Å². The number of benzene rings is 2. The van der Waals surface area contributed by atoms with Gasteiger partial charge in [-0.2, -0.15) is 0 Å². The molecular weight excluding hydrogens is 714 g/mol. The Morgan fingerprint density at radius 1 is 0.963 bits per heavy atom. The average Bonchev–Trinajstić information content (AvgIpc) is 3.61. The molecule has 4 unspecified atom stereocenters. The first-order chi connectivity index (χ1) is 25.6. The first-order valence-corrected chi connectivity index (χ1v) is 19.1. The maximum Gasteiger partial charge on any atom is 0.306 e. The van der Waals surface area contributed by atoms with Gasteiger partial charge >= 0.3 is 11.9 Å². The third-order valence-corrected chi connectivity index (χ3v) is 9.73. The summed E-state index contributed by atoms with van der Waals surface area (Å²) < 4.78 is 19.0. The predicted molar refractivity (Wildman–Crippen MR) is 207 cm³/mol. The summed E-state index contributed by atoms with van der Waals surface area (Å²) in [6, 6.07) is 14.5. The van der Waals surface area contributed by atoms with Gasteiger partial charge in [0.25, 0.3) is 5.91 Å². The number of carbonyl (C=O) groups excluding carboxylic acids is 4. The molecule has 0 saturated carbocycles. The summed E-state index contributed by atoms with van der Waals surface area (Å²) in [4.78, 5) is 66.4. The van der Waals surface area contributed by atoms with Crippen molar-refractivity contribution in [2.45, 2.75) is 97.2 Å². The molecule has 5 N–H and O–H groups in total. The number of carboxylic acids is 1. The fraction of sp³-hybridized carbons (Fsp3) is 0.500. The van der Waals surface area contributed by atoms with Crippen LogP contribution in [0, 0.1) is 17.7 Å². The molecular formula is C40H56FN5O7S. The number of hydrogen-bond acceptors (Lipinski definition) is 9. The molecule has 2 aromatic carbocycles. The SMILES string of the molecule is CC(=O)OC(CC(C(C)C)N(C)C(=O)Cc1ccc(F)cc1)c1nc(C(=O)NC(Cc2ccccc2)CC(C)C(=O)O)cs1.CNCCCCCC(N)=O. The molecule has 4 atom stereocenters. The van der Waals surface area contributed by atoms with Crippen molar-refractivity contribution in [1.29, 1.82) is 0 Å². The normalized spacial score (nSPS) is 13.1. The Morgan fingerprint density at radius 2 is 1.63 bits per heavy atom. The Balaban J connectivity index is 0.000000881. The molecule has 296 valence electrons. The van der Waals surface area contributed by atoms with Crippen LogP contribution in [0.1, 0.15) is 98.9 Å². The zero-order valence-electron chi connectivity index (χ0n) is 32.2. The minimum Gasteiger partial charge on any atom is -0.481 e. The predicted octanol–water partition coefficient (Wildman–Crippen LogP) is 5.71. The van der Waals surface area contributed by atoms with E-state index in [-0.39, 0.29) is 54.5 Å². The number of halogens is 1. The van der Waals surface area contributed by atoms with Gasteiger partial charge in [-0.05, 0) is 68.5 Å². The molecule has 12 nitrogen and oxygen atoms in total. The van der Waals surface area contributed by atoms with Crippen molar-refractivity contribution in [2.75, 3.05) is 20.6 Å². The molecule has 0 saturated heterocycles. The zero-order chi connectivity index (χ0) is 40.2. The van der Waals surface area contributed by atoms with Crippen molar-refractivity contribution in [2.24, 2.45) is 17.6 Å². The molecule has 0 radical (unpaired) electrons. The number of aliphatic carboxylic acids is 1. The zero-order valence-corrected chi connectivity index (χ0v) is 33.0. The molecule has 1 heterocycles. The highest BCUT2D eigenvalue weighted by atomic mass is 32.1. The number of thiazole rings is 1. The van der Waals surface area contributed by atoms with E-state index in [2.05, 4.69) is 15.6 Å². The molecule has 0 aliphatic rings. The van der Waals surface area contributed by atoms with Crippen LogP contribution in [0.5, 0.6) is 0 Å². The fourth-order valence-corrected chi connectivity index (χ4v) is 6.62. The number of rotatable bonds is 21. The highest BCUT2D eigenvalue weighted by Crippen LogP contribution is 2.30. The van der Waals surface area contributed by atoms with Crippen LogP contribution >= 0.6 is 11.3 Å². The molecule has 3 amide bonds. The summed E-state index contributed by atoms with van der Waals surface area (Å²) in [7, 11) is 3.61. The average molecular weight is 770 g/mol. The smallest absolute Gasteiger partial charge is 0.306 e. The lowest BCUT2D eigenvalue weighted by Gasteiger charge is -2.33. The fourth-order valence-electron chi connectivity index (χ4n) is 5.78. The summed E-state index contributed by atoms with van der Waals surface area (Å²) in [5.41, 5.74) is 6.72. The number of aromatic nitrogens is 1. The first kappa shape index (κ1) is 45.5. The number of carboxylic acid groups (broad SMARTS) is 1. The van der Waals surface area contributed by atoms with E-state index < -0.39 is 35.9 Å². The maximum absolute atomic E-state index is 13.3. The van der Waals surface area contributed by atoms with E-state index in [1.807, 2.05) is 51.2 Å². The maximum atomic E-state index is 13.3. The van der Waals surface area contributed by atoms with Gasteiger partial charge in [0.15, 0.2) is 6.10 Å². The molecule has 14 heteroatoms. The van der Waals surface area contributed by atoms with Gasteiger partial charge in [-0.1, -0.05) is 69.7 Å². The lowest BCUT2D eigenvalue weighted by Crippen LogP contribution is -2.42. The van der Waals surface area contributed by atoms with Gasteiger partial charge in [-0.25, -0.2) is 9.37 Å². The highest BCUT2D eigenvalue weighted by molar-refractivity contribution is 7.09. The van der Waals surface area contributed by atoms with Crippen molar-refractivity contribution < 1.29 is 38.2 Å². The second kappa shape index (κ2) is 23.9. The number of likely N-dealkylation sites (N-methyl/N-ethyl adjacent to an activating group) is 1. The van der Waals surface area contributed by atoms with Crippen LogP contribution in [0.25, 0.3) is 0 Å². The van der Waals surface area contributed by atoms with Gasteiger partial charge in [-0.15, -0.1) is 11.3 Å². The van der Waals surface area contributed by atoms with Crippen LogP contribution in [-0.4, -0.2) is 77.4 Å². The van der Waals surface area contributed by atoms with Gasteiger partial charge < -0.3 is 31.1 Å². The van der Waals surface area contributed by atoms with Gasteiger partial charge in [-0.3, -0.25) is 24.0 Å². The minimum absolute atomic E-state index is 0.00655. The van der Waals surface area contributed by atoms with E-state index in [9.17, 15) is 33.5 Å². The van der Waals surface area contributed by atoms with Crippen LogP contribution in [0.4, 0.5) is 4.39 Å². The number of esters is 1. The Kier molecular flexibility index (Phi) is 20.1. The topological polar surface area (TPSA) is 181 Å². The Bertz CT molecular complexity index is 1620. The Hall–Kier alpha value is -4.69. The van der Waals surface area contributed by atoms with Crippen LogP contribution < -0.4 is 16.4 Å². The van der Waals surface area contributed by atoms with E-state index in [4.69, 9.17) is 10.5 Å². The summed E-state index contributed by atoms with van der Waals surface area (Å²) in [5, 5.41) is 17.4. The molecule has 54 heavy (non-hydrogen) atoms. The third kappa shape index (κ3) is 17.0. The number of hydrogen-bond donors (Lipinski definition) is 4. The number of carbonyl (C=O) groups is 5. The van der Waals surface area contributed by atoms with E-state index >= 15 is 0 Å². The summed E-state index contributed by atoms with van der Waals surface area (Å²) in [6.45, 7) is 7.84. The molecule has 3 aromatic rings. The first-order valence-electron chi connectivity index (χ1n) is 18.2. The molecule has 0 aliphatic carbocycles. The lowest BCUT2D eigenvalue weighted by molar-refractivity contribution is -0.148. The largest absolute Gasteiger partial charge is 0.481 e. The van der Waals surface area contributed by atoms with Gasteiger partial charge in [0.1, 0.15) is 16.5 Å². The molecule has 3 rings (SSSR count). The van der Waals surface area contributed by atoms with E-state index in [0.29, 0.717) is 23.4 Å². The molecule has 0 aliphatic heterocycles. The van der Waals surface area contributed by atoms with Crippen molar-refractivity contribution >= 4 is 41.0 Å². The van der Waals surface area contributed by atoms with Crippen LogP contribution in [-0.2, 0) is 36.8 Å². The van der Waals surface area contributed by atoms with Crippen molar-refractivity contribution in [3.8, 4) is 0 Å². The molecule has 0 bridgehead atoms. The molecule has 0 fully saturated rings. The Labute approximate surface area is 322 Å². The van der Waals surface area contributed by atoms with Crippen molar-refractivity contribution in [3.63, 3.8) is 0 Å². The van der Waals surface area contributed by atoms with Crippen LogP contribution in [0.3, 0.4) is 0 Å². The Morgan fingerprint density at radius 3 is 2.20 bits per heavy atom. The molecule has 1 aromatic heterocycles. The monoisotopic (exact) mass is 769 g/mol. The summed E-state index contributed by atoms with van der Waals surface area (Å²) in [5.74, 6) is -3.34. The lowest BCUT2D eigenvalue weighted by atomic mass is 9.95. The molecule has 0 spiro atoms. The quantitative estimate of drug-likeness (QED) is 0.0780. The number of nitrogens with one attached hydrogen (secondary N) is 2. The number of amides is 3. The van der Waals surface area contributed by atoms with Crippen molar-refractivity contribution in [1.82, 2.24) is 20.5 Å². The standard InChI is InChI=1S/C33H40FN3O6S.C7H16N2O/c1-20(2)28(37(5)30(39)17-24-11-13-25(34)14-12-24)18-29(43-22(4)38)32-36-27(19-44-32)31(40)35-26(15-21(3)33(41)42)16-23-9-7-6-8-10-23;1-9-6-4-2-3-5-7(8)10/h6-14,19-21,26,28-29H,15-18H2,1-5H3,(H,35,40)(H,41,42);9H,2-6H2,1H3,(H2,8,10). The van der Waals surface area contributed by atoms with E-state index in [1.165, 1.54) is 30.4 Å². The van der Waals surface area contributed by atoms with E-state index in [1.54, 1.807) is 36.4 Å². The second-order valence-corrected chi connectivity index (χ2v) is 14.6.